The molecule has 0 bridgehead atoms. The molecule has 2 atom stereocenters. The predicted octanol–water partition coefficient (Wildman–Crippen LogP) is 4.14. The van der Waals surface area contributed by atoms with E-state index >= 15 is 0 Å². The average Bonchev–Trinajstić information content (AvgIpc) is 2.71. The van der Waals surface area contributed by atoms with E-state index < -0.39 is 0 Å². The second kappa shape index (κ2) is 7.08. The molecule has 0 aliphatic heterocycles. The molecule has 0 saturated heterocycles. The molecule has 20 heavy (non-hydrogen) atoms. The second-order valence-corrected chi connectivity index (χ2v) is 7.16. The lowest BCUT2D eigenvalue weighted by Gasteiger charge is -2.32. The number of rotatable bonds is 5. The Hall–Kier alpha value is -0.350. The highest BCUT2D eigenvalue weighted by Gasteiger charge is 2.24. The van der Waals surface area contributed by atoms with Crippen molar-refractivity contribution < 1.29 is 0 Å². The van der Waals surface area contributed by atoms with Crippen molar-refractivity contribution in [2.45, 2.75) is 72.5 Å². The van der Waals surface area contributed by atoms with Crippen LogP contribution in [0.1, 0.15) is 58.3 Å². The van der Waals surface area contributed by atoms with Crippen molar-refractivity contribution in [2.75, 3.05) is 0 Å². The fraction of sp³-hybridized carbons (Fsp3) is 0.812. The third-order valence-corrected chi connectivity index (χ3v) is 5.35. The summed E-state index contributed by atoms with van der Waals surface area (Å²) in [5, 5.41) is 8.43. The summed E-state index contributed by atoms with van der Waals surface area (Å²) >= 11 is 3.73. The molecule has 1 aromatic heterocycles. The molecule has 1 aliphatic rings. The number of nitrogens with one attached hydrogen (secondary N) is 1. The first-order chi connectivity index (χ1) is 9.55. The van der Waals surface area contributed by atoms with E-state index in [2.05, 4.69) is 58.7 Å². The number of nitrogens with zero attached hydrogens (tertiary/aromatic N) is 2. The van der Waals surface area contributed by atoms with Gasteiger partial charge in [-0.05, 0) is 60.4 Å². The van der Waals surface area contributed by atoms with Gasteiger partial charge in [-0.1, -0.05) is 20.8 Å². The highest BCUT2D eigenvalue weighted by atomic mass is 79.9. The van der Waals surface area contributed by atoms with Crippen molar-refractivity contribution in [2.24, 2.45) is 11.8 Å². The number of hydrogen-bond acceptors (Lipinski definition) is 2. The monoisotopic (exact) mass is 341 g/mol. The Labute approximate surface area is 131 Å². The maximum atomic E-state index is 4.67. The molecule has 2 unspecified atom stereocenters. The molecular weight excluding hydrogens is 314 g/mol. The van der Waals surface area contributed by atoms with Crippen molar-refractivity contribution in [3.63, 3.8) is 0 Å². The van der Waals surface area contributed by atoms with Crippen LogP contribution in [0, 0.1) is 11.8 Å². The molecule has 0 aromatic carbocycles. The maximum Gasteiger partial charge on any atom is 0.0767 e. The highest BCUT2D eigenvalue weighted by molar-refractivity contribution is 9.10. The van der Waals surface area contributed by atoms with Gasteiger partial charge in [0, 0.05) is 19.1 Å². The Morgan fingerprint density at radius 2 is 1.85 bits per heavy atom. The van der Waals surface area contributed by atoms with Crippen LogP contribution in [-0.4, -0.2) is 15.8 Å². The first kappa shape index (κ1) is 16.0. The van der Waals surface area contributed by atoms with Crippen molar-refractivity contribution in [1.82, 2.24) is 15.1 Å². The molecule has 1 aromatic rings. The third-order valence-electron chi connectivity index (χ3n) is 4.43. The van der Waals surface area contributed by atoms with E-state index in [1.165, 1.54) is 35.1 Å². The van der Waals surface area contributed by atoms with E-state index in [4.69, 9.17) is 0 Å². The van der Waals surface area contributed by atoms with Gasteiger partial charge in [0.05, 0.1) is 15.9 Å². The zero-order chi connectivity index (χ0) is 14.7. The van der Waals surface area contributed by atoms with Gasteiger partial charge in [-0.15, -0.1) is 0 Å². The van der Waals surface area contributed by atoms with Gasteiger partial charge in [0.2, 0.25) is 0 Å². The Kier molecular flexibility index (Phi) is 5.67. The Morgan fingerprint density at radius 1 is 1.20 bits per heavy atom. The van der Waals surface area contributed by atoms with E-state index in [9.17, 15) is 0 Å². The minimum absolute atomic E-state index is 0.658. The van der Waals surface area contributed by atoms with Crippen LogP contribution >= 0.6 is 15.9 Å². The standard InChI is InChI=1S/C16H28BrN3/c1-5-14-16(17)15(20(6-2)19-14)10-18-13-8-11(3)7-12(4)9-13/h11-13,18H,5-10H2,1-4H3. The molecule has 0 radical (unpaired) electrons. The minimum atomic E-state index is 0.658. The summed E-state index contributed by atoms with van der Waals surface area (Å²) in [5.41, 5.74) is 2.48. The average molecular weight is 342 g/mol. The first-order valence-corrected chi connectivity index (χ1v) is 8.81. The lowest BCUT2D eigenvalue weighted by molar-refractivity contribution is 0.237. The van der Waals surface area contributed by atoms with Gasteiger partial charge in [-0.25, -0.2) is 0 Å². The molecule has 1 N–H and O–H groups in total. The van der Waals surface area contributed by atoms with E-state index in [0.29, 0.717) is 6.04 Å². The van der Waals surface area contributed by atoms with Gasteiger partial charge in [0.15, 0.2) is 0 Å². The van der Waals surface area contributed by atoms with E-state index in [0.717, 1.165) is 31.3 Å². The molecule has 114 valence electrons. The Balaban J connectivity index is 2.01. The fourth-order valence-electron chi connectivity index (χ4n) is 3.54. The molecule has 1 heterocycles. The quantitative estimate of drug-likeness (QED) is 0.871. The fourth-order valence-corrected chi connectivity index (χ4v) is 4.25. The lowest BCUT2D eigenvalue weighted by atomic mass is 9.80. The van der Waals surface area contributed by atoms with Gasteiger partial charge in [-0.3, -0.25) is 4.68 Å². The van der Waals surface area contributed by atoms with Crippen LogP contribution in [0.25, 0.3) is 0 Å². The number of halogens is 1. The van der Waals surface area contributed by atoms with Crippen molar-refractivity contribution in [1.29, 1.82) is 0 Å². The molecule has 4 heteroatoms. The summed E-state index contributed by atoms with van der Waals surface area (Å²) in [7, 11) is 0. The summed E-state index contributed by atoms with van der Waals surface area (Å²) in [4.78, 5) is 0. The molecule has 1 fully saturated rings. The number of hydrogen-bond donors (Lipinski definition) is 1. The zero-order valence-corrected chi connectivity index (χ0v) is 14.8. The minimum Gasteiger partial charge on any atom is -0.308 e. The van der Waals surface area contributed by atoms with E-state index in [1.807, 2.05) is 0 Å². The highest BCUT2D eigenvalue weighted by Crippen LogP contribution is 2.29. The lowest BCUT2D eigenvalue weighted by Crippen LogP contribution is -2.36. The van der Waals surface area contributed by atoms with Crippen molar-refractivity contribution >= 4 is 15.9 Å². The summed E-state index contributed by atoms with van der Waals surface area (Å²) in [5.74, 6) is 1.70. The Bertz CT molecular complexity index is 431. The van der Waals surface area contributed by atoms with Crippen LogP contribution in [0.4, 0.5) is 0 Å². The summed E-state index contributed by atoms with van der Waals surface area (Å²) in [6.07, 6.45) is 4.98. The van der Waals surface area contributed by atoms with Gasteiger partial charge < -0.3 is 5.32 Å². The van der Waals surface area contributed by atoms with Crippen molar-refractivity contribution in [3.05, 3.63) is 15.9 Å². The summed E-state index contributed by atoms with van der Waals surface area (Å²) in [6.45, 7) is 10.9. The van der Waals surface area contributed by atoms with Crippen LogP contribution in [0.2, 0.25) is 0 Å². The molecule has 1 saturated carbocycles. The maximum absolute atomic E-state index is 4.67. The number of aryl methyl sites for hydroxylation is 2. The number of aromatic nitrogens is 2. The second-order valence-electron chi connectivity index (χ2n) is 6.37. The zero-order valence-electron chi connectivity index (χ0n) is 13.2. The van der Waals surface area contributed by atoms with Crippen LogP contribution in [0.3, 0.4) is 0 Å². The summed E-state index contributed by atoms with van der Waals surface area (Å²) in [6, 6.07) is 0.658. The largest absolute Gasteiger partial charge is 0.308 e. The van der Waals surface area contributed by atoms with E-state index in [1.54, 1.807) is 0 Å². The van der Waals surface area contributed by atoms with Gasteiger partial charge in [-0.2, -0.15) is 5.10 Å². The Morgan fingerprint density at radius 3 is 2.40 bits per heavy atom. The first-order valence-electron chi connectivity index (χ1n) is 8.02. The van der Waals surface area contributed by atoms with Crippen LogP contribution < -0.4 is 5.32 Å². The molecular formula is C16H28BrN3. The SMILES string of the molecule is CCc1nn(CC)c(CNC2CC(C)CC(C)C2)c1Br. The van der Waals surface area contributed by atoms with Crippen molar-refractivity contribution in [3.8, 4) is 0 Å². The van der Waals surface area contributed by atoms with Gasteiger partial charge in [0.25, 0.3) is 0 Å². The van der Waals surface area contributed by atoms with Gasteiger partial charge >= 0.3 is 0 Å². The molecule has 0 spiro atoms. The topological polar surface area (TPSA) is 29.9 Å². The molecule has 1 aliphatic carbocycles. The normalized spacial score (nSPS) is 26.9. The smallest absolute Gasteiger partial charge is 0.0767 e. The van der Waals surface area contributed by atoms with E-state index in [-0.39, 0.29) is 0 Å². The van der Waals surface area contributed by atoms with Gasteiger partial charge in [0.1, 0.15) is 0 Å². The molecule has 0 amide bonds. The third kappa shape index (κ3) is 3.64. The van der Waals surface area contributed by atoms with Crippen LogP contribution in [0.5, 0.6) is 0 Å². The summed E-state index contributed by atoms with van der Waals surface area (Å²) < 4.78 is 3.33. The van der Waals surface area contributed by atoms with Crippen LogP contribution in [-0.2, 0) is 19.5 Å². The molecule has 2 rings (SSSR count). The molecule has 3 nitrogen and oxygen atoms in total. The predicted molar refractivity (Wildman–Crippen MR) is 87.8 cm³/mol. The van der Waals surface area contributed by atoms with Crippen LogP contribution in [0.15, 0.2) is 4.47 Å².